The Bertz CT molecular complexity index is 2130. The van der Waals surface area contributed by atoms with Gasteiger partial charge in [0.15, 0.2) is 0 Å². The third-order valence-electron chi connectivity index (χ3n) is 17.1. The van der Waals surface area contributed by atoms with Crippen LogP contribution in [0, 0.1) is 41.4 Å². The summed E-state index contributed by atoms with van der Waals surface area (Å²) in [5, 5.41) is 2.94. The van der Waals surface area contributed by atoms with Crippen molar-refractivity contribution in [2.24, 2.45) is 41.4 Å². The summed E-state index contributed by atoms with van der Waals surface area (Å²) >= 11 is 24.7. The van der Waals surface area contributed by atoms with Crippen LogP contribution in [0.25, 0.3) is 0 Å². The van der Waals surface area contributed by atoms with Gasteiger partial charge >= 0.3 is 0 Å². The van der Waals surface area contributed by atoms with Gasteiger partial charge in [0.1, 0.15) is 5.75 Å². The molecular formula is C56H76Cl4N6O. The molecular weight excluding hydrogens is 914 g/mol. The largest absolute Gasteiger partial charge is 0.495 e. The molecule has 3 aromatic rings. The summed E-state index contributed by atoms with van der Waals surface area (Å²) in [6, 6.07) is 21.5. The maximum Gasteiger partial charge on any atom is 0.142 e. The first kappa shape index (κ1) is 49.4. The van der Waals surface area contributed by atoms with E-state index in [0.717, 1.165) is 128 Å². The molecule has 7 atom stereocenters. The zero-order chi connectivity index (χ0) is 46.4. The molecule has 364 valence electrons. The van der Waals surface area contributed by atoms with E-state index in [1.165, 1.54) is 95.3 Å². The average Bonchev–Trinajstić information content (AvgIpc) is 4.19. The van der Waals surface area contributed by atoms with E-state index in [0.29, 0.717) is 16.1 Å². The van der Waals surface area contributed by atoms with Crippen LogP contribution in [0.2, 0.25) is 20.1 Å². The maximum absolute atomic E-state index is 6.32. The highest BCUT2D eigenvalue weighted by molar-refractivity contribution is 6.42. The lowest BCUT2D eigenvalue weighted by atomic mass is 9.84. The van der Waals surface area contributed by atoms with Gasteiger partial charge in [-0.3, -0.25) is 14.7 Å². The van der Waals surface area contributed by atoms with Crippen LogP contribution in [0.5, 0.6) is 5.75 Å². The second-order valence-corrected chi connectivity index (χ2v) is 22.8. The second kappa shape index (κ2) is 23.1. The van der Waals surface area contributed by atoms with E-state index in [2.05, 4.69) is 85.8 Å². The third-order valence-corrected chi connectivity index (χ3v) is 18.4. The van der Waals surface area contributed by atoms with Crippen molar-refractivity contribution in [1.29, 1.82) is 0 Å². The number of hydrogen-bond acceptors (Lipinski definition) is 7. The van der Waals surface area contributed by atoms with E-state index in [4.69, 9.17) is 51.1 Å². The fourth-order valence-electron chi connectivity index (χ4n) is 13.1. The fourth-order valence-corrected chi connectivity index (χ4v) is 13.8. The van der Waals surface area contributed by atoms with E-state index in [9.17, 15) is 0 Å². The van der Waals surface area contributed by atoms with Crippen molar-refractivity contribution >= 4 is 63.5 Å². The number of methoxy groups -OCH3 is 1. The summed E-state index contributed by atoms with van der Waals surface area (Å²) in [5.74, 6) is 7.12. The molecule has 3 aromatic carbocycles. The average molecular weight is 991 g/mol. The van der Waals surface area contributed by atoms with E-state index in [-0.39, 0.29) is 0 Å². The molecule has 0 amide bonds. The fraction of sp³-hybridized carbons (Fsp3) is 0.607. The van der Waals surface area contributed by atoms with Crippen molar-refractivity contribution in [2.75, 3.05) is 107 Å². The van der Waals surface area contributed by atoms with Crippen molar-refractivity contribution in [2.45, 2.75) is 83.7 Å². The molecule has 0 N–H and O–H groups in total. The lowest BCUT2D eigenvalue weighted by Gasteiger charge is -2.43. The molecule has 3 aliphatic heterocycles. The van der Waals surface area contributed by atoms with E-state index < -0.39 is 0 Å². The smallest absolute Gasteiger partial charge is 0.142 e. The Morgan fingerprint density at radius 2 is 1.24 bits per heavy atom. The minimum absolute atomic E-state index is 0.561. The van der Waals surface area contributed by atoms with Crippen molar-refractivity contribution < 1.29 is 4.74 Å². The summed E-state index contributed by atoms with van der Waals surface area (Å²) in [7, 11) is 1.73. The molecule has 8 aliphatic rings. The second-order valence-electron chi connectivity index (χ2n) is 21.1. The van der Waals surface area contributed by atoms with Gasteiger partial charge in [-0.1, -0.05) is 96.2 Å². The molecule has 11 rings (SSSR count). The molecule has 3 saturated carbocycles. The Kier molecular flexibility index (Phi) is 17.0. The molecule has 4 bridgehead atoms. The number of piperazine rings is 3. The highest BCUT2D eigenvalue weighted by atomic mass is 35.5. The summed E-state index contributed by atoms with van der Waals surface area (Å²) in [6.07, 6.45) is 22.5. The van der Waals surface area contributed by atoms with Crippen LogP contribution < -0.4 is 19.4 Å². The number of rotatable bonds is 10. The quantitative estimate of drug-likeness (QED) is 0.187. The van der Waals surface area contributed by atoms with Crippen LogP contribution in [0.3, 0.4) is 0 Å². The van der Waals surface area contributed by atoms with Gasteiger partial charge in [-0.25, -0.2) is 0 Å². The van der Waals surface area contributed by atoms with Gasteiger partial charge in [-0.05, 0) is 148 Å². The number of para-hydroxylation sites is 1. The predicted molar refractivity (Wildman–Crippen MR) is 285 cm³/mol. The zero-order valence-corrected chi connectivity index (χ0v) is 43.5. The third kappa shape index (κ3) is 12.3. The van der Waals surface area contributed by atoms with Gasteiger partial charge in [0.25, 0.3) is 0 Å². The van der Waals surface area contributed by atoms with Crippen LogP contribution >= 0.6 is 46.4 Å². The molecule has 67 heavy (non-hydrogen) atoms. The number of fused-ring (bicyclic) bond motifs is 4. The molecule has 7 unspecified atom stereocenters. The summed E-state index contributed by atoms with van der Waals surface area (Å²) in [4.78, 5) is 15.3. The van der Waals surface area contributed by atoms with E-state index in [1.54, 1.807) is 7.11 Å². The number of ether oxygens (including phenoxy) is 1. The van der Waals surface area contributed by atoms with Gasteiger partial charge in [-0.15, -0.1) is 0 Å². The number of anilines is 3. The maximum atomic E-state index is 6.32. The van der Waals surface area contributed by atoms with E-state index >= 15 is 0 Å². The van der Waals surface area contributed by atoms with Crippen LogP contribution in [0.1, 0.15) is 71.6 Å². The Hall–Kier alpha value is -2.62. The van der Waals surface area contributed by atoms with Gasteiger partial charge in [0, 0.05) is 108 Å². The Balaban J connectivity index is 0.000000126. The molecule has 7 nitrogen and oxygen atoms in total. The standard InChI is InChI=1S/C20H27ClN2O.C18H22Cl2N2.C18H27ClN2/c1-14-12-23(19-11-18(21)5-6-20(19)24-2)8-7-22(14)13-17-10-15-3-4-16(17)9-15;19-17-4-3-16(11-18(17)20)22-7-5-21(6-8-22)12-15-10-13-1-2-14(15)9-13;1-2-15-7-9-16(10-8-15)20-11-13-21(14-12-20)18-6-4-3-5-17(18)19/h3-6,11,14-17H,7-10,12-13H2,1-2H3;1-4,11,13-15H,5-10,12H2;3-6,15-16H,2,7-14H2,1H3. The Morgan fingerprint density at radius 1 is 0.582 bits per heavy atom. The topological polar surface area (TPSA) is 28.7 Å². The summed E-state index contributed by atoms with van der Waals surface area (Å²) < 4.78 is 5.54. The van der Waals surface area contributed by atoms with Crippen LogP contribution in [0.4, 0.5) is 17.1 Å². The monoisotopic (exact) mass is 988 g/mol. The first-order chi connectivity index (χ1) is 32.6. The first-order valence-corrected chi connectivity index (χ1v) is 27.5. The number of allylic oxidation sites excluding steroid dienone is 4. The lowest BCUT2D eigenvalue weighted by Crippen LogP contribution is -2.53. The number of halogens is 4. The number of benzene rings is 3. The summed E-state index contributed by atoms with van der Waals surface area (Å²) in [6.45, 7) is 19.5. The van der Waals surface area contributed by atoms with Crippen molar-refractivity contribution in [3.8, 4) is 5.75 Å². The summed E-state index contributed by atoms with van der Waals surface area (Å²) in [5.41, 5.74) is 3.52. The van der Waals surface area contributed by atoms with Crippen LogP contribution in [-0.2, 0) is 0 Å². The minimum Gasteiger partial charge on any atom is -0.495 e. The van der Waals surface area contributed by atoms with Crippen LogP contribution in [-0.4, -0.2) is 119 Å². The van der Waals surface area contributed by atoms with Crippen molar-refractivity contribution in [3.63, 3.8) is 0 Å². The number of nitrogens with zero attached hydrogens (tertiary/aromatic N) is 6. The zero-order valence-electron chi connectivity index (χ0n) is 40.4. The SMILES string of the molecule is CCC1CCC(N2CCN(c3ccccc3Cl)CC2)CC1.COc1ccc(Cl)cc1N1CCN(CC2CC3C=CC2C3)C(C)C1.Clc1ccc(N2CCN(CC3CC4C=CC3C4)CC2)cc1Cl. The number of hydrogen-bond donors (Lipinski definition) is 0. The van der Waals surface area contributed by atoms with Crippen LogP contribution in [0.15, 0.2) is 85.0 Å². The molecule has 3 heterocycles. The Morgan fingerprint density at radius 3 is 1.84 bits per heavy atom. The van der Waals surface area contributed by atoms with Gasteiger partial charge < -0.3 is 19.4 Å². The van der Waals surface area contributed by atoms with Crippen molar-refractivity contribution in [1.82, 2.24) is 14.7 Å². The van der Waals surface area contributed by atoms with Gasteiger partial charge in [0.2, 0.25) is 0 Å². The van der Waals surface area contributed by atoms with Gasteiger partial charge in [-0.2, -0.15) is 0 Å². The normalized spacial score (nSPS) is 30.6. The molecule has 3 saturated heterocycles. The molecule has 5 aliphatic carbocycles. The van der Waals surface area contributed by atoms with Gasteiger partial charge in [0.05, 0.1) is 33.6 Å². The molecule has 0 aromatic heterocycles. The van der Waals surface area contributed by atoms with E-state index in [1.807, 2.05) is 42.5 Å². The highest BCUT2D eigenvalue weighted by Crippen LogP contribution is 2.45. The highest BCUT2D eigenvalue weighted by Gasteiger charge is 2.39. The van der Waals surface area contributed by atoms with Crippen molar-refractivity contribution in [3.05, 3.63) is 105 Å². The lowest BCUT2D eigenvalue weighted by molar-refractivity contribution is 0.128. The molecule has 11 heteroatoms. The molecule has 0 radical (unpaired) electrons. The first-order valence-electron chi connectivity index (χ1n) is 26.0. The predicted octanol–water partition coefficient (Wildman–Crippen LogP) is 12.8. The molecule has 0 spiro atoms. The molecule has 6 fully saturated rings. The Labute approximate surface area is 423 Å². The minimum atomic E-state index is 0.561.